The fourth-order valence-electron chi connectivity index (χ4n) is 1.71. The summed E-state index contributed by atoms with van der Waals surface area (Å²) in [6.07, 6.45) is 0.994. The minimum absolute atomic E-state index is 0.0729. The molecule has 0 saturated carbocycles. The lowest BCUT2D eigenvalue weighted by molar-refractivity contribution is 0.0728. The number of ether oxygens (including phenoxy) is 1. The fraction of sp³-hybridized carbons (Fsp3) is 0.462. The maximum Gasteiger partial charge on any atom is 0.151 e. The average Bonchev–Trinajstić information content (AvgIpc) is 2.68. The zero-order valence-corrected chi connectivity index (χ0v) is 9.31. The van der Waals surface area contributed by atoms with E-state index < -0.39 is 0 Å². The number of hydrogen-bond acceptors (Lipinski definition) is 2. The Labute approximate surface area is 91.0 Å². The van der Waals surface area contributed by atoms with Crippen molar-refractivity contribution in [2.24, 2.45) is 10.9 Å². The Morgan fingerprint density at radius 2 is 2.07 bits per heavy atom. The molecule has 0 spiro atoms. The standard InChI is InChI=1S/C13H17NO/c1-10(2)13-14-12(9-15-13)8-11-6-4-3-5-7-11/h3-7,10,13H,8-9H2,1-2H3. The van der Waals surface area contributed by atoms with Crippen LogP contribution in [-0.4, -0.2) is 18.5 Å². The van der Waals surface area contributed by atoms with Crippen molar-refractivity contribution >= 4 is 5.71 Å². The Bertz CT molecular complexity index is 343. The van der Waals surface area contributed by atoms with Gasteiger partial charge in [0.1, 0.15) is 0 Å². The van der Waals surface area contributed by atoms with E-state index in [9.17, 15) is 0 Å². The van der Waals surface area contributed by atoms with Crippen LogP contribution in [0.3, 0.4) is 0 Å². The van der Waals surface area contributed by atoms with Crippen molar-refractivity contribution in [2.75, 3.05) is 6.61 Å². The number of nitrogens with zero attached hydrogens (tertiary/aromatic N) is 1. The lowest BCUT2D eigenvalue weighted by atomic mass is 10.1. The van der Waals surface area contributed by atoms with Gasteiger partial charge in [-0.25, -0.2) is 0 Å². The van der Waals surface area contributed by atoms with Crippen molar-refractivity contribution in [1.82, 2.24) is 0 Å². The van der Waals surface area contributed by atoms with Crippen molar-refractivity contribution in [2.45, 2.75) is 26.5 Å². The van der Waals surface area contributed by atoms with E-state index in [1.54, 1.807) is 0 Å². The molecule has 0 radical (unpaired) electrons. The van der Waals surface area contributed by atoms with Crippen molar-refractivity contribution in [3.05, 3.63) is 35.9 Å². The van der Waals surface area contributed by atoms with Gasteiger partial charge in [0.05, 0.1) is 6.61 Å². The van der Waals surface area contributed by atoms with Gasteiger partial charge in [0.15, 0.2) is 6.23 Å². The first kappa shape index (κ1) is 10.4. The predicted octanol–water partition coefficient (Wildman–Crippen LogP) is 2.68. The van der Waals surface area contributed by atoms with Crippen LogP contribution in [0.5, 0.6) is 0 Å². The van der Waals surface area contributed by atoms with Crippen LogP contribution < -0.4 is 0 Å². The molecule has 1 aromatic carbocycles. The van der Waals surface area contributed by atoms with Crippen LogP contribution in [0.4, 0.5) is 0 Å². The van der Waals surface area contributed by atoms with E-state index in [4.69, 9.17) is 4.74 Å². The first-order valence-corrected chi connectivity index (χ1v) is 5.47. The molecule has 2 rings (SSSR count). The Morgan fingerprint density at radius 3 is 2.67 bits per heavy atom. The zero-order chi connectivity index (χ0) is 10.7. The predicted molar refractivity (Wildman–Crippen MR) is 62.2 cm³/mol. The summed E-state index contributed by atoms with van der Waals surface area (Å²) in [5.41, 5.74) is 2.48. The fourth-order valence-corrected chi connectivity index (χ4v) is 1.71. The third kappa shape index (κ3) is 2.66. The molecular formula is C13H17NO. The van der Waals surface area contributed by atoms with Crippen molar-refractivity contribution in [3.8, 4) is 0 Å². The molecule has 0 aliphatic carbocycles. The number of hydrogen-bond donors (Lipinski definition) is 0. The Morgan fingerprint density at radius 1 is 1.33 bits per heavy atom. The molecule has 0 amide bonds. The van der Waals surface area contributed by atoms with Crippen LogP contribution in [0.2, 0.25) is 0 Å². The highest BCUT2D eigenvalue weighted by Gasteiger charge is 2.20. The maximum absolute atomic E-state index is 5.60. The highest BCUT2D eigenvalue weighted by Crippen LogP contribution is 2.15. The maximum atomic E-state index is 5.60. The van der Waals surface area contributed by atoms with Gasteiger partial charge in [-0.3, -0.25) is 4.99 Å². The molecule has 1 atom stereocenters. The second kappa shape index (κ2) is 4.58. The minimum atomic E-state index is 0.0729. The van der Waals surface area contributed by atoms with E-state index in [1.807, 2.05) is 6.07 Å². The van der Waals surface area contributed by atoms with Crippen LogP contribution in [-0.2, 0) is 11.2 Å². The van der Waals surface area contributed by atoms with Crippen LogP contribution in [0.1, 0.15) is 19.4 Å². The third-order valence-corrected chi connectivity index (χ3v) is 2.55. The molecule has 1 aliphatic rings. The van der Waals surface area contributed by atoms with Crippen LogP contribution >= 0.6 is 0 Å². The number of aliphatic imine (C=N–C) groups is 1. The molecule has 2 nitrogen and oxygen atoms in total. The Kier molecular flexibility index (Phi) is 3.17. The topological polar surface area (TPSA) is 21.6 Å². The van der Waals surface area contributed by atoms with Gasteiger partial charge in [-0.1, -0.05) is 44.2 Å². The number of benzene rings is 1. The lowest BCUT2D eigenvalue weighted by Gasteiger charge is -2.09. The van der Waals surface area contributed by atoms with E-state index >= 15 is 0 Å². The summed E-state index contributed by atoms with van der Waals surface area (Å²) in [7, 11) is 0. The monoisotopic (exact) mass is 203 g/mol. The Balaban J connectivity index is 2.00. The summed E-state index contributed by atoms with van der Waals surface area (Å²) < 4.78 is 5.60. The summed E-state index contributed by atoms with van der Waals surface area (Å²) in [6.45, 7) is 4.97. The summed E-state index contributed by atoms with van der Waals surface area (Å²) in [5, 5.41) is 0. The molecule has 0 bridgehead atoms. The third-order valence-electron chi connectivity index (χ3n) is 2.55. The molecule has 1 unspecified atom stereocenters. The van der Waals surface area contributed by atoms with Crippen molar-refractivity contribution < 1.29 is 4.74 Å². The average molecular weight is 203 g/mol. The molecule has 0 fully saturated rings. The molecular weight excluding hydrogens is 186 g/mol. The number of rotatable bonds is 3. The van der Waals surface area contributed by atoms with E-state index in [0.717, 1.165) is 6.42 Å². The molecule has 1 heterocycles. The van der Waals surface area contributed by atoms with Gasteiger partial charge in [0.25, 0.3) is 0 Å². The van der Waals surface area contributed by atoms with Gasteiger partial charge < -0.3 is 4.74 Å². The SMILES string of the molecule is CC(C)C1N=C(Cc2ccccc2)CO1. The summed E-state index contributed by atoms with van der Waals surface area (Å²) in [4.78, 5) is 4.58. The second-order valence-electron chi connectivity index (χ2n) is 4.30. The molecule has 15 heavy (non-hydrogen) atoms. The minimum Gasteiger partial charge on any atom is -0.350 e. The molecule has 1 aliphatic heterocycles. The summed E-state index contributed by atoms with van der Waals surface area (Å²) in [5.74, 6) is 0.471. The van der Waals surface area contributed by atoms with E-state index in [-0.39, 0.29) is 6.23 Å². The van der Waals surface area contributed by atoms with Gasteiger partial charge in [-0.15, -0.1) is 0 Å². The van der Waals surface area contributed by atoms with Crippen LogP contribution in [0, 0.1) is 5.92 Å². The highest BCUT2D eigenvalue weighted by atomic mass is 16.5. The molecule has 80 valence electrons. The molecule has 0 aromatic heterocycles. The van der Waals surface area contributed by atoms with Crippen LogP contribution in [0.25, 0.3) is 0 Å². The normalized spacial score (nSPS) is 20.7. The smallest absolute Gasteiger partial charge is 0.151 e. The highest BCUT2D eigenvalue weighted by molar-refractivity contribution is 5.88. The van der Waals surface area contributed by atoms with Gasteiger partial charge in [-0.2, -0.15) is 0 Å². The van der Waals surface area contributed by atoms with E-state index in [0.29, 0.717) is 12.5 Å². The zero-order valence-electron chi connectivity index (χ0n) is 9.31. The second-order valence-corrected chi connectivity index (χ2v) is 4.30. The van der Waals surface area contributed by atoms with Crippen molar-refractivity contribution in [1.29, 1.82) is 0 Å². The van der Waals surface area contributed by atoms with Gasteiger partial charge in [0.2, 0.25) is 0 Å². The summed E-state index contributed by atoms with van der Waals surface area (Å²) in [6, 6.07) is 10.4. The van der Waals surface area contributed by atoms with E-state index in [1.165, 1.54) is 11.3 Å². The lowest BCUT2D eigenvalue weighted by Crippen LogP contribution is -2.11. The Hall–Kier alpha value is -1.15. The van der Waals surface area contributed by atoms with Crippen molar-refractivity contribution in [3.63, 3.8) is 0 Å². The largest absolute Gasteiger partial charge is 0.350 e. The van der Waals surface area contributed by atoms with Crippen LogP contribution in [0.15, 0.2) is 35.3 Å². The molecule has 1 aromatic rings. The first-order valence-electron chi connectivity index (χ1n) is 5.47. The molecule has 0 N–H and O–H groups in total. The van der Waals surface area contributed by atoms with Gasteiger partial charge >= 0.3 is 0 Å². The first-order chi connectivity index (χ1) is 7.25. The quantitative estimate of drug-likeness (QED) is 0.740. The van der Waals surface area contributed by atoms with Gasteiger partial charge in [-0.05, 0) is 11.5 Å². The molecule has 2 heteroatoms. The van der Waals surface area contributed by atoms with Gasteiger partial charge in [0, 0.05) is 12.1 Å². The van der Waals surface area contributed by atoms with E-state index in [2.05, 4.69) is 43.1 Å². The molecule has 0 saturated heterocycles. The summed E-state index contributed by atoms with van der Waals surface area (Å²) >= 11 is 0.